The first kappa shape index (κ1) is 19.5. The van der Waals surface area contributed by atoms with Crippen LogP contribution in [0.25, 0.3) is 22.4 Å². The van der Waals surface area contributed by atoms with Crippen molar-refractivity contribution >= 4 is 0 Å². The molecule has 1 aromatic heterocycles. The van der Waals surface area contributed by atoms with Crippen molar-refractivity contribution in [2.45, 2.75) is 25.8 Å². The fourth-order valence-corrected chi connectivity index (χ4v) is 4.61. The van der Waals surface area contributed by atoms with Gasteiger partial charge in [-0.15, -0.1) is 0 Å². The van der Waals surface area contributed by atoms with Gasteiger partial charge in [0.1, 0.15) is 11.5 Å². The lowest BCUT2D eigenvalue weighted by Gasteiger charge is -2.22. The first-order chi connectivity index (χ1) is 15.3. The van der Waals surface area contributed by atoms with Crippen molar-refractivity contribution in [3.05, 3.63) is 95.7 Å². The summed E-state index contributed by atoms with van der Waals surface area (Å²) in [6.45, 7) is 1.03. The van der Waals surface area contributed by atoms with Crippen LogP contribution < -0.4 is 9.47 Å². The van der Waals surface area contributed by atoms with Gasteiger partial charge in [-0.2, -0.15) is 0 Å². The van der Waals surface area contributed by atoms with E-state index in [1.54, 1.807) is 14.2 Å². The zero-order valence-electron chi connectivity index (χ0n) is 18.1. The molecule has 4 aromatic rings. The number of aryl methyl sites for hydroxylation is 3. The van der Waals surface area contributed by atoms with Gasteiger partial charge < -0.3 is 14.0 Å². The van der Waals surface area contributed by atoms with Crippen LogP contribution in [0.4, 0.5) is 0 Å². The second kappa shape index (κ2) is 8.35. The summed E-state index contributed by atoms with van der Waals surface area (Å²) in [5.41, 5.74) is 9.40. The third-order valence-electron chi connectivity index (χ3n) is 6.29. The molecular weight excluding hydrogens is 382 g/mol. The first-order valence-corrected chi connectivity index (χ1v) is 10.8. The lowest BCUT2D eigenvalue weighted by atomic mass is 9.94. The van der Waals surface area contributed by atoms with Crippen LogP contribution >= 0.6 is 0 Å². The zero-order valence-corrected chi connectivity index (χ0v) is 18.1. The number of methoxy groups -OCH3 is 2. The zero-order chi connectivity index (χ0) is 21.2. The van der Waals surface area contributed by atoms with Crippen LogP contribution in [0.3, 0.4) is 0 Å². The topological polar surface area (TPSA) is 23.4 Å². The average Bonchev–Trinajstić information content (AvgIpc) is 3.22. The minimum atomic E-state index is 0.886. The van der Waals surface area contributed by atoms with Gasteiger partial charge in [-0.25, -0.2) is 0 Å². The molecule has 3 aromatic carbocycles. The second-order valence-electron chi connectivity index (χ2n) is 8.03. The Balaban J connectivity index is 1.54. The minimum absolute atomic E-state index is 0.886. The van der Waals surface area contributed by atoms with E-state index in [1.807, 2.05) is 24.3 Å². The number of ether oxygens (including phenoxy) is 2. The molecule has 3 nitrogen and oxygen atoms in total. The lowest BCUT2D eigenvalue weighted by molar-refractivity contribution is 0.414. The van der Waals surface area contributed by atoms with E-state index >= 15 is 0 Å². The van der Waals surface area contributed by atoms with Crippen LogP contribution in [0, 0.1) is 0 Å². The first-order valence-electron chi connectivity index (χ1n) is 10.8. The molecule has 1 aliphatic heterocycles. The van der Waals surface area contributed by atoms with Gasteiger partial charge in [-0.1, -0.05) is 48.5 Å². The Morgan fingerprint density at radius 2 is 1.42 bits per heavy atom. The van der Waals surface area contributed by atoms with Crippen LogP contribution in [-0.2, 0) is 25.8 Å². The summed E-state index contributed by atoms with van der Waals surface area (Å²) in [5.74, 6) is 1.79. The van der Waals surface area contributed by atoms with Crippen LogP contribution in [-0.4, -0.2) is 18.8 Å². The quantitative estimate of drug-likeness (QED) is 0.380. The number of hydrogen-bond donors (Lipinski definition) is 0. The molecule has 0 amide bonds. The Hall–Kier alpha value is -3.46. The number of hydrogen-bond acceptors (Lipinski definition) is 2. The highest BCUT2D eigenvalue weighted by molar-refractivity contribution is 5.85. The maximum absolute atomic E-state index is 5.37. The standard InChI is InChI=1S/C28H27NO2/c1-30-24-13-8-20(9-14-24)7-12-23-19-27(22-10-15-25(31-2)16-11-22)28-26-6-4-3-5-21(26)17-18-29(23)28/h3-6,8-11,13-16,19H,7,12,17-18H2,1-2H3. The highest BCUT2D eigenvalue weighted by Gasteiger charge is 2.23. The molecule has 0 aliphatic carbocycles. The van der Waals surface area contributed by atoms with Crippen molar-refractivity contribution in [1.29, 1.82) is 0 Å². The van der Waals surface area contributed by atoms with E-state index in [4.69, 9.17) is 9.47 Å². The molecule has 156 valence electrons. The second-order valence-corrected chi connectivity index (χ2v) is 8.03. The molecule has 0 saturated heterocycles. The smallest absolute Gasteiger partial charge is 0.118 e. The molecule has 1 aliphatic rings. The van der Waals surface area contributed by atoms with E-state index in [-0.39, 0.29) is 0 Å². The lowest BCUT2D eigenvalue weighted by Crippen LogP contribution is -2.13. The predicted octanol–water partition coefficient (Wildman–Crippen LogP) is 6.18. The number of nitrogens with zero attached hydrogens (tertiary/aromatic N) is 1. The molecule has 0 N–H and O–H groups in total. The maximum atomic E-state index is 5.37. The fourth-order valence-electron chi connectivity index (χ4n) is 4.61. The van der Waals surface area contributed by atoms with Crippen molar-refractivity contribution in [3.63, 3.8) is 0 Å². The minimum Gasteiger partial charge on any atom is -0.497 e. The Kier molecular flexibility index (Phi) is 5.25. The van der Waals surface area contributed by atoms with E-state index in [2.05, 4.69) is 59.2 Å². The Bertz CT molecular complexity index is 1190. The highest BCUT2D eigenvalue weighted by Crippen LogP contribution is 2.40. The van der Waals surface area contributed by atoms with Gasteiger partial charge >= 0.3 is 0 Å². The molecule has 0 saturated carbocycles. The van der Waals surface area contributed by atoms with E-state index in [0.29, 0.717) is 0 Å². The summed E-state index contributed by atoms with van der Waals surface area (Å²) >= 11 is 0. The van der Waals surface area contributed by atoms with Crippen molar-refractivity contribution < 1.29 is 9.47 Å². The molecule has 0 fully saturated rings. The van der Waals surface area contributed by atoms with Crippen molar-refractivity contribution in [3.8, 4) is 33.9 Å². The van der Waals surface area contributed by atoms with E-state index in [1.165, 1.54) is 39.2 Å². The van der Waals surface area contributed by atoms with Gasteiger partial charge in [0.2, 0.25) is 0 Å². The molecule has 31 heavy (non-hydrogen) atoms. The van der Waals surface area contributed by atoms with Crippen LogP contribution in [0.2, 0.25) is 0 Å². The summed E-state index contributed by atoms with van der Waals surface area (Å²) in [6.07, 6.45) is 3.10. The van der Waals surface area contributed by atoms with E-state index in [9.17, 15) is 0 Å². The summed E-state index contributed by atoms with van der Waals surface area (Å²) < 4.78 is 13.2. The number of benzene rings is 3. The average molecular weight is 410 g/mol. The molecule has 0 spiro atoms. The van der Waals surface area contributed by atoms with Crippen LogP contribution in [0.5, 0.6) is 11.5 Å². The van der Waals surface area contributed by atoms with E-state index in [0.717, 1.165) is 37.3 Å². The Morgan fingerprint density at radius 1 is 0.742 bits per heavy atom. The molecule has 5 rings (SSSR count). The van der Waals surface area contributed by atoms with Gasteiger partial charge in [0, 0.05) is 23.4 Å². The SMILES string of the molecule is COc1ccc(CCc2cc(-c3ccc(OC)cc3)c3n2CCc2ccccc2-3)cc1. The molecule has 0 atom stereocenters. The van der Waals surface area contributed by atoms with Gasteiger partial charge in [0.15, 0.2) is 0 Å². The highest BCUT2D eigenvalue weighted by atomic mass is 16.5. The monoisotopic (exact) mass is 409 g/mol. The molecule has 3 heteroatoms. The maximum Gasteiger partial charge on any atom is 0.118 e. The Labute approximate surface area is 183 Å². The van der Waals surface area contributed by atoms with Crippen LogP contribution in [0.15, 0.2) is 78.9 Å². The van der Waals surface area contributed by atoms with Crippen molar-refractivity contribution in [1.82, 2.24) is 4.57 Å². The molecule has 0 radical (unpaired) electrons. The molecule has 0 bridgehead atoms. The fraction of sp³-hybridized carbons (Fsp3) is 0.214. The third kappa shape index (κ3) is 3.72. The van der Waals surface area contributed by atoms with Gasteiger partial charge in [-0.3, -0.25) is 0 Å². The third-order valence-corrected chi connectivity index (χ3v) is 6.29. The normalized spacial score (nSPS) is 12.2. The summed E-state index contributed by atoms with van der Waals surface area (Å²) in [7, 11) is 3.42. The Morgan fingerprint density at radius 3 is 2.13 bits per heavy atom. The summed E-state index contributed by atoms with van der Waals surface area (Å²) in [6, 6.07) is 28.1. The largest absolute Gasteiger partial charge is 0.497 e. The number of aromatic nitrogens is 1. The summed E-state index contributed by atoms with van der Waals surface area (Å²) in [4.78, 5) is 0. The van der Waals surface area contributed by atoms with Crippen molar-refractivity contribution in [2.75, 3.05) is 14.2 Å². The van der Waals surface area contributed by atoms with Crippen LogP contribution in [0.1, 0.15) is 16.8 Å². The molecule has 0 unspecified atom stereocenters. The number of rotatable bonds is 6. The van der Waals surface area contributed by atoms with Crippen molar-refractivity contribution in [2.24, 2.45) is 0 Å². The van der Waals surface area contributed by atoms with Gasteiger partial charge in [-0.05, 0) is 66.3 Å². The summed E-state index contributed by atoms with van der Waals surface area (Å²) in [5, 5.41) is 0. The molecular formula is C28H27NO2. The predicted molar refractivity (Wildman–Crippen MR) is 126 cm³/mol. The number of fused-ring (bicyclic) bond motifs is 3. The van der Waals surface area contributed by atoms with Gasteiger partial charge in [0.25, 0.3) is 0 Å². The molecule has 2 heterocycles. The van der Waals surface area contributed by atoms with E-state index < -0.39 is 0 Å². The van der Waals surface area contributed by atoms with Gasteiger partial charge in [0.05, 0.1) is 19.9 Å².